The number of hydrogen-bond acceptors (Lipinski definition) is 3. The molecule has 104 valence electrons. The van der Waals surface area contributed by atoms with Crippen LogP contribution in [0.15, 0.2) is 53.3 Å². The lowest BCUT2D eigenvalue weighted by atomic mass is 10.1. The van der Waals surface area contributed by atoms with Crippen molar-refractivity contribution in [3.05, 3.63) is 64.5 Å². The van der Waals surface area contributed by atoms with Crippen molar-refractivity contribution in [2.24, 2.45) is 0 Å². The van der Waals surface area contributed by atoms with E-state index >= 15 is 0 Å². The Labute approximate surface area is 130 Å². The number of nitrogens with zero attached hydrogens (tertiary/aromatic N) is 2. The lowest BCUT2D eigenvalue weighted by Gasteiger charge is -2.10. The van der Waals surface area contributed by atoms with Crippen LogP contribution >= 0.6 is 15.9 Å². The normalized spacial score (nSPS) is 10.6. The lowest BCUT2D eigenvalue weighted by molar-refractivity contribution is 0.102. The van der Waals surface area contributed by atoms with Crippen molar-refractivity contribution in [3.63, 3.8) is 0 Å². The predicted molar refractivity (Wildman–Crippen MR) is 86.4 cm³/mol. The molecular formula is C16H12BrN3O. The van der Waals surface area contributed by atoms with Crippen LogP contribution in [0.2, 0.25) is 0 Å². The average Bonchev–Trinajstić information content (AvgIpc) is 2.48. The number of amides is 1. The first kappa shape index (κ1) is 13.7. The second-order valence-electron chi connectivity index (χ2n) is 4.64. The Hall–Kier alpha value is -2.27. The summed E-state index contributed by atoms with van der Waals surface area (Å²) < 4.78 is 0.744. The maximum absolute atomic E-state index is 12.6. The van der Waals surface area contributed by atoms with Gasteiger partial charge in [0.05, 0.1) is 21.2 Å². The van der Waals surface area contributed by atoms with Crippen molar-refractivity contribution in [1.29, 1.82) is 0 Å². The number of para-hydroxylation sites is 1. The zero-order valence-electron chi connectivity index (χ0n) is 11.3. The van der Waals surface area contributed by atoms with Crippen LogP contribution in [-0.2, 0) is 0 Å². The van der Waals surface area contributed by atoms with E-state index in [-0.39, 0.29) is 5.91 Å². The summed E-state index contributed by atoms with van der Waals surface area (Å²) in [6.45, 7) is 1.88. The number of rotatable bonds is 2. The largest absolute Gasteiger partial charge is 0.321 e. The number of aromatic nitrogens is 2. The molecule has 2 heterocycles. The molecule has 0 aliphatic carbocycles. The molecule has 1 N–H and O–H groups in total. The first-order valence-corrected chi connectivity index (χ1v) is 7.22. The minimum atomic E-state index is -0.163. The van der Waals surface area contributed by atoms with Gasteiger partial charge in [-0.1, -0.05) is 18.2 Å². The molecule has 4 nitrogen and oxygen atoms in total. The lowest BCUT2D eigenvalue weighted by Crippen LogP contribution is -2.13. The smallest absolute Gasteiger partial charge is 0.256 e. The molecule has 0 fully saturated rings. The zero-order valence-corrected chi connectivity index (χ0v) is 12.9. The quantitative estimate of drug-likeness (QED) is 0.767. The highest BCUT2D eigenvalue weighted by atomic mass is 79.9. The van der Waals surface area contributed by atoms with Gasteiger partial charge in [-0.3, -0.25) is 14.8 Å². The minimum absolute atomic E-state index is 0.163. The van der Waals surface area contributed by atoms with Crippen molar-refractivity contribution in [2.75, 3.05) is 5.32 Å². The summed E-state index contributed by atoms with van der Waals surface area (Å²) in [4.78, 5) is 21.0. The van der Waals surface area contributed by atoms with E-state index in [0.29, 0.717) is 11.3 Å². The maximum Gasteiger partial charge on any atom is 0.256 e. The topological polar surface area (TPSA) is 54.9 Å². The van der Waals surface area contributed by atoms with Gasteiger partial charge >= 0.3 is 0 Å². The Morgan fingerprint density at radius 2 is 2.05 bits per heavy atom. The van der Waals surface area contributed by atoms with Gasteiger partial charge in [-0.25, -0.2) is 0 Å². The van der Waals surface area contributed by atoms with Crippen LogP contribution < -0.4 is 5.32 Å². The Kier molecular flexibility index (Phi) is 3.66. The third kappa shape index (κ3) is 2.78. The van der Waals surface area contributed by atoms with E-state index in [2.05, 4.69) is 31.2 Å². The number of fused-ring (bicyclic) bond motifs is 1. The Balaban J connectivity index is 2.04. The molecule has 0 bridgehead atoms. The molecule has 1 amide bonds. The predicted octanol–water partition coefficient (Wildman–Crippen LogP) is 3.95. The van der Waals surface area contributed by atoms with Gasteiger partial charge in [-0.15, -0.1) is 0 Å². The van der Waals surface area contributed by atoms with E-state index in [4.69, 9.17) is 0 Å². The summed E-state index contributed by atoms with van der Waals surface area (Å²) >= 11 is 3.37. The van der Waals surface area contributed by atoms with Gasteiger partial charge in [-0.2, -0.15) is 0 Å². The molecule has 0 unspecified atom stereocenters. The molecule has 5 heteroatoms. The summed E-state index contributed by atoms with van der Waals surface area (Å²) in [5.74, 6) is -0.163. The van der Waals surface area contributed by atoms with E-state index in [1.54, 1.807) is 24.5 Å². The second-order valence-corrected chi connectivity index (χ2v) is 5.49. The van der Waals surface area contributed by atoms with E-state index in [1.807, 2.05) is 31.2 Å². The number of halogens is 1. The summed E-state index contributed by atoms with van der Waals surface area (Å²) in [6.07, 6.45) is 3.28. The monoisotopic (exact) mass is 341 g/mol. The highest BCUT2D eigenvalue weighted by Crippen LogP contribution is 2.23. The standard InChI is InChI=1S/C16H12BrN3O/c1-10-8-12(11-4-2-3-5-14(11)19-10)16(21)20-15-6-7-18-9-13(15)17/h2-9H,1H3,(H,18,20,21). The van der Waals surface area contributed by atoms with Gasteiger partial charge in [0.2, 0.25) is 0 Å². The third-order valence-corrected chi connectivity index (χ3v) is 3.74. The summed E-state index contributed by atoms with van der Waals surface area (Å²) in [7, 11) is 0. The molecule has 0 saturated heterocycles. The van der Waals surface area contributed by atoms with Gasteiger partial charge in [0.1, 0.15) is 0 Å². The number of pyridine rings is 2. The van der Waals surface area contributed by atoms with E-state index < -0.39 is 0 Å². The fourth-order valence-electron chi connectivity index (χ4n) is 2.16. The molecule has 21 heavy (non-hydrogen) atoms. The second kappa shape index (κ2) is 5.61. The highest BCUT2D eigenvalue weighted by molar-refractivity contribution is 9.10. The van der Waals surface area contributed by atoms with Gasteiger partial charge < -0.3 is 5.32 Å². The summed E-state index contributed by atoms with van der Waals surface area (Å²) in [5, 5.41) is 3.73. The van der Waals surface area contributed by atoms with Crippen LogP contribution in [0.25, 0.3) is 10.9 Å². The average molecular weight is 342 g/mol. The minimum Gasteiger partial charge on any atom is -0.321 e. The number of aryl methyl sites for hydroxylation is 1. The van der Waals surface area contributed by atoms with Gasteiger partial charge in [0.15, 0.2) is 0 Å². The number of hydrogen-bond donors (Lipinski definition) is 1. The first-order valence-electron chi connectivity index (χ1n) is 6.42. The molecule has 0 atom stereocenters. The number of carbonyl (C=O) groups excluding carboxylic acids is 1. The van der Waals surface area contributed by atoms with Gasteiger partial charge in [0.25, 0.3) is 5.91 Å². The molecule has 0 radical (unpaired) electrons. The van der Waals surface area contributed by atoms with Crippen LogP contribution in [0.3, 0.4) is 0 Å². The van der Waals surface area contributed by atoms with Gasteiger partial charge in [0, 0.05) is 23.5 Å². The van der Waals surface area contributed by atoms with Crippen molar-refractivity contribution < 1.29 is 4.79 Å². The first-order chi connectivity index (χ1) is 10.1. The number of anilines is 1. The van der Waals surface area contributed by atoms with Crippen LogP contribution in [-0.4, -0.2) is 15.9 Å². The van der Waals surface area contributed by atoms with Crippen molar-refractivity contribution in [2.45, 2.75) is 6.92 Å². The highest BCUT2D eigenvalue weighted by Gasteiger charge is 2.13. The van der Waals surface area contributed by atoms with Gasteiger partial charge in [-0.05, 0) is 41.1 Å². The molecule has 0 aliphatic rings. The summed E-state index contributed by atoms with van der Waals surface area (Å²) in [5.41, 5.74) is 2.93. The SMILES string of the molecule is Cc1cc(C(=O)Nc2ccncc2Br)c2ccccc2n1. The molecule has 0 aliphatic heterocycles. The number of nitrogens with one attached hydrogen (secondary N) is 1. The fourth-order valence-corrected chi connectivity index (χ4v) is 2.51. The Morgan fingerprint density at radius 1 is 1.24 bits per heavy atom. The molecule has 3 rings (SSSR count). The Bertz CT molecular complexity index is 833. The number of benzene rings is 1. The molecular weight excluding hydrogens is 330 g/mol. The maximum atomic E-state index is 12.6. The molecule has 0 saturated carbocycles. The van der Waals surface area contributed by atoms with Crippen LogP contribution in [0.5, 0.6) is 0 Å². The summed E-state index contributed by atoms with van der Waals surface area (Å²) in [6, 6.07) is 11.2. The van der Waals surface area contributed by atoms with E-state index in [9.17, 15) is 4.79 Å². The molecule has 3 aromatic rings. The number of carbonyl (C=O) groups is 1. The molecule has 2 aromatic heterocycles. The molecule has 0 spiro atoms. The van der Waals surface area contributed by atoms with Crippen LogP contribution in [0, 0.1) is 6.92 Å². The van der Waals surface area contributed by atoms with Crippen molar-refractivity contribution >= 4 is 38.4 Å². The van der Waals surface area contributed by atoms with E-state index in [1.165, 1.54) is 0 Å². The third-order valence-electron chi connectivity index (χ3n) is 3.11. The van der Waals surface area contributed by atoms with Crippen molar-refractivity contribution in [3.8, 4) is 0 Å². The zero-order chi connectivity index (χ0) is 14.8. The molecule has 1 aromatic carbocycles. The van der Waals surface area contributed by atoms with Crippen LogP contribution in [0.1, 0.15) is 16.1 Å². The fraction of sp³-hybridized carbons (Fsp3) is 0.0625. The Morgan fingerprint density at radius 3 is 2.86 bits per heavy atom. The van der Waals surface area contributed by atoms with Crippen LogP contribution in [0.4, 0.5) is 5.69 Å². The van der Waals surface area contributed by atoms with E-state index in [0.717, 1.165) is 21.1 Å². The van der Waals surface area contributed by atoms with Crippen molar-refractivity contribution in [1.82, 2.24) is 9.97 Å².